The molecule has 16 heteroatoms. The van der Waals surface area contributed by atoms with Gasteiger partial charge >= 0.3 is 0 Å². The van der Waals surface area contributed by atoms with Crippen LogP contribution >= 0.6 is 0 Å². The second-order valence-corrected chi connectivity index (χ2v) is 21.1. The summed E-state index contributed by atoms with van der Waals surface area (Å²) in [7, 11) is -5.00. The summed E-state index contributed by atoms with van der Waals surface area (Å²) in [5, 5.41) is 29.9. The molecule has 0 aliphatic heterocycles. The first-order valence-corrected chi connectivity index (χ1v) is 22.1. The lowest BCUT2D eigenvalue weighted by Crippen LogP contribution is -2.31. The average Bonchev–Trinajstić information content (AvgIpc) is 3.62. The number of nitrogens with one attached hydrogen (secondary N) is 2. The molecule has 51 heavy (non-hydrogen) atoms. The Morgan fingerprint density at radius 1 is 1.06 bits per heavy atom. The number of fused-ring (bicyclic) bond motifs is 2. The third-order valence-corrected chi connectivity index (χ3v) is 10.7. The highest BCUT2D eigenvalue weighted by atomic mass is 32.2. The molecule has 6 aromatic rings. The van der Waals surface area contributed by atoms with E-state index in [-0.39, 0.29) is 36.8 Å². The minimum Gasteiger partial charge on any atom is -0.508 e. The molecule has 4 aromatic heterocycles. The molecular formula is C35H42N8O6SSi. The number of hydrogen-bond acceptors (Lipinski definition) is 10. The Balaban J connectivity index is 1.52. The smallest absolute Gasteiger partial charge is 0.282 e. The number of aliphatic hydroxyl groups is 1. The second kappa shape index (κ2) is 14.3. The van der Waals surface area contributed by atoms with Gasteiger partial charge in [0.1, 0.15) is 35.8 Å². The van der Waals surface area contributed by atoms with Gasteiger partial charge in [0, 0.05) is 45.3 Å². The van der Waals surface area contributed by atoms with Crippen LogP contribution in [-0.4, -0.2) is 74.9 Å². The molecule has 268 valence electrons. The van der Waals surface area contributed by atoms with Gasteiger partial charge in [-0.3, -0.25) is 14.1 Å². The van der Waals surface area contributed by atoms with Gasteiger partial charge in [0.25, 0.3) is 5.56 Å². The average molecular weight is 731 g/mol. The van der Waals surface area contributed by atoms with Crippen LogP contribution in [-0.2, 0) is 21.5 Å². The first-order valence-electron chi connectivity index (χ1n) is 16.5. The van der Waals surface area contributed by atoms with E-state index >= 15 is 0 Å². The van der Waals surface area contributed by atoms with Gasteiger partial charge in [-0.2, -0.15) is 5.10 Å². The van der Waals surface area contributed by atoms with Crippen LogP contribution in [0.15, 0.2) is 78.1 Å². The van der Waals surface area contributed by atoms with Crippen LogP contribution in [0.4, 0.5) is 11.5 Å². The number of phenolic OH excluding ortho intramolecular Hbond substituents is 1. The van der Waals surface area contributed by atoms with Crippen LogP contribution in [0, 0.1) is 6.92 Å². The molecule has 0 saturated heterocycles. The maximum atomic E-state index is 14.1. The number of aromatic nitrogens is 6. The monoisotopic (exact) mass is 730 g/mol. The number of nitrogens with zero attached hydrogens (tertiary/aromatic N) is 6. The highest BCUT2D eigenvalue weighted by molar-refractivity contribution is 7.92. The fraction of sp³-hybridized carbons (Fsp3) is 0.314. The first-order chi connectivity index (χ1) is 24.2. The van der Waals surface area contributed by atoms with E-state index in [1.54, 1.807) is 21.3 Å². The maximum Gasteiger partial charge on any atom is 0.282 e. The van der Waals surface area contributed by atoms with Gasteiger partial charge in [-0.05, 0) is 60.8 Å². The van der Waals surface area contributed by atoms with E-state index in [9.17, 15) is 23.4 Å². The van der Waals surface area contributed by atoms with E-state index < -0.39 is 24.1 Å². The summed E-state index contributed by atoms with van der Waals surface area (Å²) >= 11 is 0. The van der Waals surface area contributed by atoms with Crippen LogP contribution in [0.3, 0.4) is 0 Å². The third kappa shape index (κ3) is 7.98. The predicted octanol–water partition coefficient (Wildman–Crippen LogP) is 5.13. The summed E-state index contributed by atoms with van der Waals surface area (Å²) in [6.45, 7) is 9.21. The molecule has 1 atom stereocenters. The summed E-state index contributed by atoms with van der Waals surface area (Å²) in [5.74, 6) is 0.567. The Hall–Kier alpha value is -5.03. The van der Waals surface area contributed by atoms with Crippen molar-refractivity contribution in [2.24, 2.45) is 0 Å². The van der Waals surface area contributed by atoms with E-state index in [2.05, 4.69) is 39.6 Å². The molecule has 6 rings (SSSR count). The van der Waals surface area contributed by atoms with Crippen molar-refractivity contribution >= 4 is 46.2 Å². The van der Waals surface area contributed by atoms with Gasteiger partial charge in [-0.25, -0.2) is 22.9 Å². The lowest BCUT2D eigenvalue weighted by molar-refractivity contribution is 0.0899. The number of anilines is 2. The van der Waals surface area contributed by atoms with Crippen LogP contribution < -0.4 is 15.6 Å². The number of aromatic hydroxyl groups is 1. The summed E-state index contributed by atoms with van der Waals surface area (Å²) in [6, 6.07) is 15.7. The molecule has 4 N–H and O–H groups in total. The zero-order valence-electron chi connectivity index (χ0n) is 29.2. The lowest BCUT2D eigenvalue weighted by atomic mass is 10.0. The van der Waals surface area contributed by atoms with Gasteiger partial charge in [0.15, 0.2) is 5.82 Å². The molecule has 0 aliphatic rings. The van der Waals surface area contributed by atoms with E-state index in [1.807, 2.05) is 54.1 Å². The quantitative estimate of drug-likeness (QED) is 0.0868. The van der Waals surface area contributed by atoms with Crippen molar-refractivity contribution in [3.63, 3.8) is 0 Å². The molecule has 0 aliphatic carbocycles. The summed E-state index contributed by atoms with van der Waals surface area (Å²) in [5.41, 5.74) is 3.33. The van der Waals surface area contributed by atoms with E-state index in [4.69, 9.17) is 9.84 Å². The van der Waals surface area contributed by atoms with Crippen molar-refractivity contribution in [3.05, 3.63) is 95.1 Å². The molecule has 0 bridgehead atoms. The Morgan fingerprint density at radius 2 is 1.82 bits per heavy atom. The number of hydrogen-bond donors (Lipinski definition) is 4. The van der Waals surface area contributed by atoms with Gasteiger partial charge in [-0.15, -0.1) is 0 Å². The number of sulfonamides is 1. The molecule has 4 heterocycles. The van der Waals surface area contributed by atoms with Gasteiger partial charge in [0.2, 0.25) is 10.0 Å². The summed E-state index contributed by atoms with van der Waals surface area (Å²) < 4.78 is 37.7. The topological polar surface area (TPSA) is 178 Å². The molecule has 0 amide bonds. The maximum absolute atomic E-state index is 14.1. The Kier molecular flexibility index (Phi) is 10.0. The fourth-order valence-corrected chi connectivity index (χ4v) is 7.28. The van der Waals surface area contributed by atoms with Crippen molar-refractivity contribution in [1.29, 1.82) is 0 Å². The molecule has 0 spiro atoms. The van der Waals surface area contributed by atoms with E-state index in [0.717, 1.165) is 17.9 Å². The first kappa shape index (κ1) is 35.8. The number of benzene rings is 2. The zero-order valence-corrected chi connectivity index (χ0v) is 31.0. The molecular weight excluding hydrogens is 689 g/mol. The zero-order chi connectivity index (χ0) is 36.5. The number of aliphatic hydroxyl groups excluding tert-OH is 1. The van der Waals surface area contributed by atoms with Crippen molar-refractivity contribution in [3.8, 4) is 22.6 Å². The normalized spacial score (nSPS) is 12.8. The minimum absolute atomic E-state index is 0.151. The standard InChI is InChI=1S/C35H42N8O6SSi/c1-23-11-13-42-31(23)35(46)43(26-9-7-6-8-10-26)33(39-42)29(12-14-44)38-32-30-28(24-17-25(19-27(45)18-24)40-50(2,47)48)20-41(34(30)37-21-36-32)22-49-15-16-51(3,4)5/h6-11,13,17-21,29,40,44-45H,12,14-16,22H2,1-5H3,(H,36,37,38). The predicted molar refractivity (Wildman–Crippen MR) is 201 cm³/mol. The van der Waals surface area contributed by atoms with Crippen LogP contribution in [0.5, 0.6) is 5.75 Å². The van der Waals surface area contributed by atoms with Crippen molar-refractivity contribution in [2.45, 2.75) is 51.8 Å². The van der Waals surface area contributed by atoms with Crippen molar-refractivity contribution in [2.75, 3.05) is 29.5 Å². The number of ether oxygens (including phenoxy) is 1. The van der Waals surface area contributed by atoms with Crippen molar-refractivity contribution in [1.82, 2.24) is 28.7 Å². The molecule has 14 nitrogen and oxygen atoms in total. The summed E-state index contributed by atoms with van der Waals surface area (Å²) in [6.07, 6.45) is 6.17. The van der Waals surface area contributed by atoms with Gasteiger partial charge < -0.3 is 24.8 Å². The Morgan fingerprint density at radius 3 is 2.53 bits per heavy atom. The lowest BCUT2D eigenvalue weighted by Gasteiger charge is -2.23. The highest BCUT2D eigenvalue weighted by Crippen LogP contribution is 2.38. The second-order valence-electron chi connectivity index (χ2n) is 13.8. The largest absolute Gasteiger partial charge is 0.508 e. The number of aryl methyl sites for hydroxylation is 1. The van der Waals surface area contributed by atoms with Crippen LogP contribution in [0.25, 0.3) is 33.4 Å². The molecule has 0 radical (unpaired) electrons. The molecule has 0 saturated carbocycles. The van der Waals surface area contributed by atoms with E-state index in [1.165, 1.54) is 18.5 Å². The SMILES string of the molecule is Cc1ccn2nc(C(CCO)Nc3ncnc4c3c(-c3cc(O)cc(NS(C)(=O)=O)c3)cn4COCC[Si](C)(C)C)n(-c3ccccc3)c(=O)c12. The van der Waals surface area contributed by atoms with Gasteiger partial charge in [0.05, 0.1) is 29.1 Å². The van der Waals surface area contributed by atoms with Crippen molar-refractivity contribution < 1.29 is 23.4 Å². The van der Waals surface area contributed by atoms with E-state index in [0.29, 0.717) is 51.6 Å². The van der Waals surface area contributed by atoms with Crippen LogP contribution in [0.1, 0.15) is 23.9 Å². The number of rotatable bonds is 14. The molecule has 2 aromatic carbocycles. The fourth-order valence-electron chi connectivity index (χ4n) is 5.97. The Labute approximate surface area is 296 Å². The van der Waals surface area contributed by atoms with Crippen LogP contribution in [0.2, 0.25) is 25.7 Å². The summed E-state index contributed by atoms with van der Waals surface area (Å²) in [4.78, 5) is 23.3. The highest BCUT2D eigenvalue weighted by Gasteiger charge is 2.26. The third-order valence-electron chi connectivity index (χ3n) is 8.38. The number of para-hydroxylation sites is 1. The Bertz CT molecular complexity index is 2370. The van der Waals surface area contributed by atoms with Gasteiger partial charge in [-0.1, -0.05) is 37.8 Å². The molecule has 0 fully saturated rings. The molecule has 1 unspecified atom stereocenters. The minimum atomic E-state index is -3.64. The number of phenols is 1.